The molecule has 0 aliphatic carbocycles. The van der Waals surface area contributed by atoms with Crippen molar-refractivity contribution in [2.75, 3.05) is 7.11 Å². The Bertz CT molecular complexity index is 443. The standard InChI is InChI=1S/C13H17ClFNO2/c1-13(2,16)9(7-11(17)18-3)8-5-4-6-10(14)12(8)15/h4-6,9H,7,16H2,1-3H3. The second kappa shape index (κ2) is 5.67. The van der Waals surface area contributed by atoms with E-state index in [1.807, 2.05) is 0 Å². The summed E-state index contributed by atoms with van der Waals surface area (Å²) in [5.74, 6) is -1.46. The SMILES string of the molecule is COC(=O)CC(c1cccc(Cl)c1F)C(C)(C)N. The van der Waals surface area contributed by atoms with Gasteiger partial charge in [-0.05, 0) is 25.5 Å². The molecule has 0 aromatic heterocycles. The minimum absolute atomic E-state index is 0.0112. The maximum Gasteiger partial charge on any atom is 0.306 e. The van der Waals surface area contributed by atoms with Crippen LogP contribution in [0.5, 0.6) is 0 Å². The van der Waals surface area contributed by atoms with Crippen LogP contribution in [0.15, 0.2) is 18.2 Å². The van der Waals surface area contributed by atoms with Gasteiger partial charge < -0.3 is 10.5 Å². The molecule has 18 heavy (non-hydrogen) atoms. The number of hydrogen-bond donors (Lipinski definition) is 1. The van der Waals surface area contributed by atoms with Crippen LogP contribution in [0.25, 0.3) is 0 Å². The molecule has 5 heteroatoms. The predicted molar refractivity (Wildman–Crippen MR) is 69.1 cm³/mol. The zero-order chi connectivity index (χ0) is 13.9. The number of nitrogens with two attached hydrogens (primary N) is 1. The minimum atomic E-state index is -0.764. The first kappa shape index (κ1) is 14.9. The molecule has 100 valence electrons. The first-order valence-electron chi connectivity index (χ1n) is 5.57. The summed E-state index contributed by atoms with van der Waals surface area (Å²) in [6, 6.07) is 4.68. The molecule has 0 aliphatic heterocycles. The van der Waals surface area contributed by atoms with E-state index in [0.717, 1.165) is 0 Å². The quantitative estimate of drug-likeness (QED) is 0.858. The molecule has 0 saturated carbocycles. The molecule has 1 aromatic carbocycles. The summed E-state index contributed by atoms with van der Waals surface area (Å²) in [7, 11) is 1.29. The van der Waals surface area contributed by atoms with Crippen molar-refractivity contribution in [3.63, 3.8) is 0 Å². The van der Waals surface area contributed by atoms with Crippen LogP contribution in [0.2, 0.25) is 5.02 Å². The molecule has 0 radical (unpaired) electrons. The van der Waals surface area contributed by atoms with Crippen LogP contribution in [0.1, 0.15) is 31.7 Å². The maximum absolute atomic E-state index is 14.0. The Morgan fingerprint density at radius 3 is 2.67 bits per heavy atom. The predicted octanol–water partition coefficient (Wildman–Crippen LogP) is 2.86. The lowest BCUT2D eigenvalue weighted by Crippen LogP contribution is -2.40. The molecule has 3 nitrogen and oxygen atoms in total. The Morgan fingerprint density at radius 1 is 1.56 bits per heavy atom. The average molecular weight is 274 g/mol. The summed E-state index contributed by atoms with van der Waals surface area (Å²) in [4.78, 5) is 11.4. The number of hydrogen-bond acceptors (Lipinski definition) is 3. The third kappa shape index (κ3) is 3.43. The van der Waals surface area contributed by atoms with Crippen LogP contribution in [0, 0.1) is 5.82 Å². The van der Waals surface area contributed by atoms with Crippen LogP contribution in [0.4, 0.5) is 4.39 Å². The van der Waals surface area contributed by atoms with Gasteiger partial charge in [0, 0.05) is 11.5 Å². The van der Waals surface area contributed by atoms with Crippen LogP contribution in [0.3, 0.4) is 0 Å². The largest absolute Gasteiger partial charge is 0.469 e. The molecule has 0 spiro atoms. The van der Waals surface area contributed by atoms with Crippen LogP contribution < -0.4 is 5.73 Å². The fraction of sp³-hybridized carbons (Fsp3) is 0.462. The van der Waals surface area contributed by atoms with E-state index in [2.05, 4.69) is 4.74 Å². The number of rotatable bonds is 4. The fourth-order valence-corrected chi connectivity index (χ4v) is 2.00. The van der Waals surface area contributed by atoms with E-state index >= 15 is 0 Å². The summed E-state index contributed by atoms with van der Waals surface area (Å²) in [6.45, 7) is 3.47. The second-order valence-corrected chi connectivity index (χ2v) is 5.20. The lowest BCUT2D eigenvalue weighted by molar-refractivity contribution is -0.141. The Kier molecular flexibility index (Phi) is 4.71. The Balaban J connectivity index is 3.18. The number of carbonyl (C=O) groups excluding carboxylic acids is 1. The van der Waals surface area contributed by atoms with Crippen molar-refractivity contribution in [1.29, 1.82) is 0 Å². The van der Waals surface area contributed by atoms with E-state index in [1.54, 1.807) is 26.0 Å². The molecule has 2 N–H and O–H groups in total. The van der Waals surface area contributed by atoms with Gasteiger partial charge in [-0.15, -0.1) is 0 Å². The van der Waals surface area contributed by atoms with Gasteiger partial charge in [-0.25, -0.2) is 4.39 Å². The molecule has 0 fully saturated rings. The zero-order valence-electron chi connectivity index (χ0n) is 10.7. The number of halogens is 2. The minimum Gasteiger partial charge on any atom is -0.469 e. The fourth-order valence-electron chi connectivity index (χ4n) is 1.81. The number of methoxy groups -OCH3 is 1. The number of carbonyl (C=O) groups is 1. The molecule has 1 rings (SSSR count). The molecule has 0 saturated heterocycles. The molecule has 1 aromatic rings. The van der Waals surface area contributed by atoms with Gasteiger partial charge in [-0.1, -0.05) is 23.7 Å². The monoisotopic (exact) mass is 273 g/mol. The average Bonchev–Trinajstić information content (AvgIpc) is 2.28. The van der Waals surface area contributed by atoms with Gasteiger partial charge in [0.1, 0.15) is 5.82 Å². The zero-order valence-corrected chi connectivity index (χ0v) is 11.4. The van der Waals surface area contributed by atoms with Crippen LogP contribution >= 0.6 is 11.6 Å². The molecule has 1 atom stereocenters. The normalized spacial score (nSPS) is 13.2. The van der Waals surface area contributed by atoms with Gasteiger partial charge in [-0.3, -0.25) is 4.79 Å². The summed E-state index contributed by atoms with van der Waals surface area (Å²) >= 11 is 5.75. The maximum atomic E-state index is 14.0. The highest BCUT2D eigenvalue weighted by molar-refractivity contribution is 6.30. The Labute approximate surface area is 111 Å². The van der Waals surface area contributed by atoms with E-state index in [1.165, 1.54) is 13.2 Å². The number of esters is 1. The lowest BCUT2D eigenvalue weighted by Gasteiger charge is -2.30. The van der Waals surface area contributed by atoms with Crippen LogP contribution in [-0.2, 0) is 9.53 Å². The third-order valence-electron chi connectivity index (χ3n) is 2.85. The first-order chi connectivity index (χ1) is 8.27. The Morgan fingerprint density at radius 2 is 2.17 bits per heavy atom. The van der Waals surface area contributed by atoms with Gasteiger partial charge in [0.2, 0.25) is 0 Å². The van der Waals surface area contributed by atoms with E-state index in [9.17, 15) is 9.18 Å². The van der Waals surface area contributed by atoms with Gasteiger partial charge in [0.15, 0.2) is 0 Å². The molecule has 0 aliphatic rings. The summed E-state index contributed by atoms with van der Waals surface area (Å²) < 4.78 is 18.6. The highest BCUT2D eigenvalue weighted by atomic mass is 35.5. The van der Waals surface area contributed by atoms with Crippen molar-refractivity contribution in [3.8, 4) is 0 Å². The number of ether oxygens (including phenoxy) is 1. The van der Waals surface area contributed by atoms with Gasteiger partial charge >= 0.3 is 5.97 Å². The summed E-state index contributed by atoms with van der Waals surface area (Å²) in [6.07, 6.45) is 0.0112. The first-order valence-corrected chi connectivity index (χ1v) is 5.94. The second-order valence-electron chi connectivity index (χ2n) is 4.80. The summed E-state index contributed by atoms with van der Waals surface area (Å²) in [5.41, 5.74) is 5.59. The Hall–Kier alpha value is -1.13. The van der Waals surface area contributed by atoms with Crippen molar-refractivity contribution in [3.05, 3.63) is 34.6 Å². The molecule has 0 bridgehead atoms. The smallest absolute Gasteiger partial charge is 0.306 e. The highest BCUT2D eigenvalue weighted by Crippen LogP contribution is 2.33. The highest BCUT2D eigenvalue weighted by Gasteiger charge is 2.32. The molecular weight excluding hydrogens is 257 g/mol. The van der Waals surface area contributed by atoms with Crippen molar-refractivity contribution in [2.45, 2.75) is 31.7 Å². The van der Waals surface area contributed by atoms with Crippen LogP contribution in [-0.4, -0.2) is 18.6 Å². The van der Waals surface area contributed by atoms with E-state index in [4.69, 9.17) is 17.3 Å². The lowest BCUT2D eigenvalue weighted by atomic mass is 9.80. The van der Waals surface area contributed by atoms with Gasteiger partial charge in [-0.2, -0.15) is 0 Å². The topological polar surface area (TPSA) is 52.3 Å². The van der Waals surface area contributed by atoms with E-state index < -0.39 is 23.2 Å². The van der Waals surface area contributed by atoms with Gasteiger partial charge in [0.05, 0.1) is 18.6 Å². The summed E-state index contributed by atoms with van der Waals surface area (Å²) in [5, 5.41) is 0.0200. The molecule has 0 amide bonds. The van der Waals surface area contributed by atoms with E-state index in [0.29, 0.717) is 5.56 Å². The van der Waals surface area contributed by atoms with E-state index in [-0.39, 0.29) is 11.4 Å². The molecular formula is C13H17ClFNO2. The van der Waals surface area contributed by atoms with Gasteiger partial charge in [0.25, 0.3) is 0 Å². The van der Waals surface area contributed by atoms with Crippen molar-refractivity contribution in [2.24, 2.45) is 5.73 Å². The number of benzene rings is 1. The van der Waals surface area contributed by atoms with Crippen molar-refractivity contribution < 1.29 is 13.9 Å². The molecule has 0 heterocycles. The molecule has 1 unspecified atom stereocenters. The van der Waals surface area contributed by atoms with Crippen molar-refractivity contribution >= 4 is 17.6 Å². The van der Waals surface area contributed by atoms with Crippen molar-refractivity contribution in [1.82, 2.24) is 0 Å². The third-order valence-corrected chi connectivity index (χ3v) is 3.15.